The quantitative estimate of drug-likeness (QED) is 0.437. The predicted octanol–water partition coefficient (Wildman–Crippen LogP) is 4.98. The lowest BCUT2D eigenvalue weighted by Crippen LogP contribution is -2.21. The van der Waals surface area contributed by atoms with Crippen molar-refractivity contribution < 1.29 is 0 Å². The van der Waals surface area contributed by atoms with Gasteiger partial charge in [0.15, 0.2) is 5.52 Å². The highest BCUT2D eigenvalue weighted by atomic mass is 16.1. The second kappa shape index (κ2) is 7.78. The molecule has 2 aromatic heterocycles. The van der Waals surface area contributed by atoms with E-state index in [1.807, 2.05) is 34.9 Å². The molecule has 0 fully saturated rings. The van der Waals surface area contributed by atoms with Gasteiger partial charge in [-0.15, -0.1) is 0 Å². The fourth-order valence-corrected chi connectivity index (χ4v) is 3.79. The van der Waals surface area contributed by atoms with Gasteiger partial charge in [-0.25, -0.2) is 4.98 Å². The summed E-state index contributed by atoms with van der Waals surface area (Å²) in [6.07, 6.45) is 6.37. The van der Waals surface area contributed by atoms with E-state index in [9.17, 15) is 4.79 Å². The number of pyridine rings is 1. The molecule has 4 nitrogen and oxygen atoms in total. The smallest absolute Gasteiger partial charge is 0.279 e. The summed E-state index contributed by atoms with van der Waals surface area (Å²) in [5.74, 6) is 0. The number of fused-ring (bicyclic) bond motifs is 3. The monoisotopic (exact) mass is 359 g/mol. The second-order valence-corrected chi connectivity index (χ2v) is 7.09. The summed E-state index contributed by atoms with van der Waals surface area (Å²) in [5, 5.41) is 1.09. The third-order valence-electron chi connectivity index (χ3n) is 5.17. The average molecular weight is 359 g/mol. The van der Waals surface area contributed by atoms with Gasteiger partial charge in [0.2, 0.25) is 0 Å². The molecule has 2 heterocycles. The number of aryl methyl sites for hydroxylation is 1. The van der Waals surface area contributed by atoms with E-state index in [1.165, 1.54) is 18.4 Å². The van der Waals surface area contributed by atoms with Crippen molar-refractivity contribution >= 4 is 21.9 Å². The average Bonchev–Trinajstić information content (AvgIpc) is 3.12. The van der Waals surface area contributed by atoms with Crippen molar-refractivity contribution in [3.63, 3.8) is 0 Å². The summed E-state index contributed by atoms with van der Waals surface area (Å²) in [4.78, 5) is 17.7. The molecule has 4 rings (SSSR count). The Labute approximate surface area is 159 Å². The highest BCUT2D eigenvalue weighted by Crippen LogP contribution is 2.23. The van der Waals surface area contributed by atoms with Crippen LogP contribution in [-0.4, -0.2) is 14.1 Å². The Bertz CT molecular complexity index is 1110. The van der Waals surface area contributed by atoms with Crippen molar-refractivity contribution in [3.05, 3.63) is 76.8 Å². The van der Waals surface area contributed by atoms with Crippen LogP contribution in [0, 0.1) is 0 Å². The van der Waals surface area contributed by atoms with Crippen LogP contribution >= 0.6 is 0 Å². The van der Waals surface area contributed by atoms with Gasteiger partial charge in [-0.05, 0) is 18.1 Å². The Balaban J connectivity index is 1.83. The van der Waals surface area contributed by atoms with Crippen LogP contribution in [0.25, 0.3) is 21.9 Å². The molecule has 0 saturated heterocycles. The maximum atomic E-state index is 13.2. The van der Waals surface area contributed by atoms with Crippen molar-refractivity contribution in [1.82, 2.24) is 14.1 Å². The zero-order valence-corrected chi connectivity index (χ0v) is 15.8. The van der Waals surface area contributed by atoms with E-state index in [0.717, 1.165) is 35.8 Å². The van der Waals surface area contributed by atoms with E-state index >= 15 is 0 Å². The Hall–Kier alpha value is -2.88. The Kier molecular flexibility index (Phi) is 5.05. The molecule has 138 valence electrons. The van der Waals surface area contributed by atoms with Crippen LogP contribution in [0.5, 0.6) is 0 Å². The molecular formula is C23H25N3O. The van der Waals surface area contributed by atoms with Crippen LogP contribution in [-0.2, 0) is 13.1 Å². The maximum Gasteiger partial charge on any atom is 0.279 e. The molecule has 0 aliphatic heterocycles. The molecule has 0 aliphatic rings. The molecule has 0 bridgehead atoms. The third kappa shape index (κ3) is 3.39. The van der Waals surface area contributed by atoms with Crippen LogP contribution in [0.2, 0.25) is 0 Å². The lowest BCUT2D eigenvalue weighted by molar-refractivity contribution is 0.584. The van der Waals surface area contributed by atoms with E-state index in [-0.39, 0.29) is 5.56 Å². The van der Waals surface area contributed by atoms with Crippen LogP contribution in [0.15, 0.2) is 65.7 Å². The van der Waals surface area contributed by atoms with Gasteiger partial charge in [0.05, 0.1) is 17.4 Å². The molecule has 0 atom stereocenters. The number of hydrogen-bond donors (Lipinski definition) is 0. The van der Waals surface area contributed by atoms with Gasteiger partial charge in [-0.3, -0.25) is 4.79 Å². The number of nitrogens with zero attached hydrogens (tertiary/aromatic N) is 3. The van der Waals surface area contributed by atoms with Gasteiger partial charge in [0.1, 0.15) is 0 Å². The summed E-state index contributed by atoms with van der Waals surface area (Å²) in [6, 6.07) is 18.5. The lowest BCUT2D eigenvalue weighted by Gasteiger charge is -2.13. The minimum absolute atomic E-state index is 0.0204. The summed E-state index contributed by atoms with van der Waals surface area (Å²) < 4.78 is 4.00. The van der Waals surface area contributed by atoms with Gasteiger partial charge in [0.25, 0.3) is 5.56 Å². The van der Waals surface area contributed by atoms with Gasteiger partial charge >= 0.3 is 0 Å². The van der Waals surface area contributed by atoms with E-state index in [4.69, 9.17) is 0 Å². The van der Waals surface area contributed by atoms with Gasteiger partial charge < -0.3 is 9.13 Å². The molecular weight excluding hydrogens is 334 g/mol. The van der Waals surface area contributed by atoms with Crippen LogP contribution in [0.3, 0.4) is 0 Å². The van der Waals surface area contributed by atoms with Crippen molar-refractivity contribution in [2.45, 2.75) is 45.7 Å². The zero-order valence-electron chi connectivity index (χ0n) is 15.8. The molecule has 0 amide bonds. The van der Waals surface area contributed by atoms with Crippen LogP contribution < -0.4 is 5.56 Å². The maximum absolute atomic E-state index is 13.2. The number of unbranched alkanes of at least 4 members (excludes halogenated alkanes) is 3. The minimum Gasteiger partial charge on any atom is -0.325 e. The predicted molar refractivity (Wildman–Crippen MR) is 111 cm³/mol. The first kappa shape index (κ1) is 17.5. The van der Waals surface area contributed by atoms with Crippen molar-refractivity contribution in [1.29, 1.82) is 0 Å². The second-order valence-electron chi connectivity index (χ2n) is 7.09. The van der Waals surface area contributed by atoms with E-state index in [2.05, 4.69) is 40.7 Å². The summed E-state index contributed by atoms with van der Waals surface area (Å²) in [5.41, 5.74) is 3.72. The zero-order chi connectivity index (χ0) is 18.6. The van der Waals surface area contributed by atoms with Crippen molar-refractivity contribution in [2.24, 2.45) is 0 Å². The highest BCUT2D eigenvalue weighted by Gasteiger charge is 2.15. The molecule has 0 unspecified atom stereocenters. The van der Waals surface area contributed by atoms with Gasteiger partial charge in [-0.1, -0.05) is 74.7 Å². The lowest BCUT2D eigenvalue weighted by atomic mass is 10.1. The first-order valence-corrected chi connectivity index (χ1v) is 9.80. The standard InChI is InChI=1S/C23H25N3O/c1-2-3-4-10-15-26-20-14-9-8-13-19(20)22-21(23(26)27)24-17-25(22)16-18-11-6-5-7-12-18/h5-9,11-14,17H,2-4,10,15-16H2,1H3. The molecule has 0 saturated carbocycles. The first-order valence-electron chi connectivity index (χ1n) is 9.80. The largest absolute Gasteiger partial charge is 0.325 e. The number of para-hydroxylation sites is 1. The SMILES string of the molecule is CCCCCCn1c(=O)c2ncn(Cc3ccccc3)c2c2ccccc21. The van der Waals surface area contributed by atoms with Crippen LogP contribution in [0.1, 0.15) is 38.2 Å². The minimum atomic E-state index is 0.0204. The van der Waals surface area contributed by atoms with Crippen LogP contribution in [0.4, 0.5) is 0 Å². The van der Waals surface area contributed by atoms with E-state index < -0.39 is 0 Å². The molecule has 0 aliphatic carbocycles. The molecule has 2 aromatic carbocycles. The fourth-order valence-electron chi connectivity index (χ4n) is 3.79. The van der Waals surface area contributed by atoms with Crippen molar-refractivity contribution in [2.75, 3.05) is 0 Å². The molecule has 0 spiro atoms. The number of rotatable bonds is 7. The Morgan fingerprint density at radius 3 is 2.52 bits per heavy atom. The Morgan fingerprint density at radius 2 is 1.70 bits per heavy atom. The first-order chi connectivity index (χ1) is 13.3. The number of benzene rings is 2. The molecule has 27 heavy (non-hydrogen) atoms. The number of hydrogen-bond acceptors (Lipinski definition) is 2. The summed E-state index contributed by atoms with van der Waals surface area (Å²) >= 11 is 0. The molecule has 4 heteroatoms. The molecule has 0 N–H and O–H groups in total. The van der Waals surface area contributed by atoms with Gasteiger partial charge in [0, 0.05) is 18.5 Å². The van der Waals surface area contributed by atoms with Crippen molar-refractivity contribution in [3.8, 4) is 0 Å². The molecule has 4 aromatic rings. The van der Waals surface area contributed by atoms with E-state index in [1.54, 1.807) is 6.33 Å². The van der Waals surface area contributed by atoms with E-state index in [0.29, 0.717) is 12.1 Å². The summed E-state index contributed by atoms with van der Waals surface area (Å²) in [6.45, 7) is 3.66. The summed E-state index contributed by atoms with van der Waals surface area (Å²) in [7, 11) is 0. The molecule has 0 radical (unpaired) electrons. The normalized spacial score (nSPS) is 11.4. The topological polar surface area (TPSA) is 39.8 Å². The fraction of sp³-hybridized carbons (Fsp3) is 0.304. The van der Waals surface area contributed by atoms with Gasteiger partial charge in [-0.2, -0.15) is 0 Å². The Morgan fingerprint density at radius 1 is 0.926 bits per heavy atom. The third-order valence-corrected chi connectivity index (χ3v) is 5.17. The number of aromatic nitrogens is 3. The number of imidazole rings is 1. The highest BCUT2D eigenvalue weighted by molar-refractivity contribution is 6.02.